The van der Waals surface area contributed by atoms with Gasteiger partial charge in [0.05, 0.1) is 0 Å². The van der Waals surface area contributed by atoms with Gasteiger partial charge in [0.25, 0.3) is 0 Å². The van der Waals surface area contributed by atoms with Crippen molar-refractivity contribution in [2.24, 2.45) is 0 Å². The lowest BCUT2D eigenvalue weighted by molar-refractivity contribution is 0.212. The highest BCUT2D eigenvalue weighted by atomic mass is 32.1. The van der Waals surface area contributed by atoms with Crippen molar-refractivity contribution in [3.63, 3.8) is 0 Å². The fraction of sp³-hybridized carbons (Fsp3) is 0.214. The molecule has 2 aromatic rings. The van der Waals surface area contributed by atoms with E-state index in [1.165, 1.54) is 11.1 Å². The standard InChI is InChI=1S/C14H14O2S2/c1-11(17)15-6-7-16-14-4-2-3-12(9-14)13-5-8-18-10-13/h2-5,8-10H,6-7H2,1H3. The zero-order chi connectivity index (χ0) is 12.8. The number of rotatable bonds is 5. The molecular formula is C14H14O2S2. The lowest BCUT2D eigenvalue weighted by atomic mass is 10.1. The Morgan fingerprint density at radius 3 is 2.83 bits per heavy atom. The Labute approximate surface area is 116 Å². The molecule has 0 atom stereocenters. The summed E-state index contributed by atoms with van der Waals surface area (Å²) in [5.74, 6) is 0.851. The van der Waals surface area contributed by atoms with E-state index in [1.807, 2.05) is 18.2 Å². The summed E-state index contributed by atoms with van der Waals surface area (Å²) in [6, 6.07) is 10.1. The van der Waals surface area contributed by atoms with E-state index in [2.05, 4.69) is 22.9 Å². The van der Waals surface area contributed by atoms with Crippen molar-refractivity contribution >= 4 is 28.6 Å². The van der Waals surface area contributed by atoms with Gasteiger partial charge in [0.2, 0.25) is 0 Å². The van der Waals surface area contributed by atoms with Crippen LogP contribution in [0.2, 0.25) is 0 Å². The van der Waals surface area contributed by atoms with Gasteiger partial charge in [-0.1, -0.05) is 12.1 Å². The second-order valence-corrected chi connectivity index (χ2v) is 5.08. The number of thiocarbonyl (C=S) groups is 1. The molecule has 0 aliphatic rings. The van der Waals surface area contributed by atoms with Crippen LogP contribution in [0.15, 0.2) is 41.1 Å². The molecule has 94 valence electrons. The number of ether oxygens (including phenoxy) is 2. The maximum absolute atomic E-state index is 5.61. The zero-order valence-electron chi connectivity index (χ0n) is 10.1. The normalized spacial score (nSPS) is 10.1. The number of hydrogen-bond acceptors (Lipinski definition) is 4. The van der Waals surface area contributed by atoms with Crippen molar-refractivity contribution < 1.29 is 9.47 Å². The molecule has 0 bridgehead atoms. The minimum absolute atomic E-state index is 0.484. The molecule has 0 radical (unpaired) electrons. The van der Waals surface area contributed by atoms with Gasteiger partial charge < -0.3 is 9.47 Å². The van der Waals surface area contributed by atoms with E-state index in [9.17, 15) is 0 Å². The molecule has 1 heterocycles. The van der Waals surface area contributed by atoms with Crippen LogP contribution >= 0.6 is 23.6 Å². The molecule has 0 unspecified atom stereocenters. The first-order chi connectivity index (χ1) is 8.75. The fourth-order valence-corrected chi connectivity index (χ4v) is 2.29. The lowest BCUT2D eigenvalue weighted by Gasteiger charge is -2.08. The molecule has 4 heteroatoms. The SMILES string of the molecule is CC(=S)OCCOc1cccc(-c2ccsc2)c1. The zero-order valence-corrected chi connectivity index (χ0v) is 11.7. The molecule has 0 aliphatic heterocycles. The summed E-state index contributed by atoms with van der Waals surface area (Å²) in [7, 11) is 0. The smallest absolute Gasteiger partial charge is 0.156 e. The molecule has 1 aromatic heterocycles. The third-order valence-corrected chi connectivity index (χ3v) is 3.15. The largest absolute Gasteiger partial charge is 0.490 e. The first kappa shape index (κ1) is 13.1. The highest BCUT2D eigenvalue weighted by Gasteiger charge is 2.00. The predicted molar refractivity (Wildman–Crippen MR) is 79.5 cm³/mol. The first-order valence-corrected chi connectivity index (χ1v) is 6.99. The molecule has 2 nitrogen and oxygen atoms in total. The van der Waals surface area contributed by atoms with Crippen LogP contribution in [0.5, 0.6) is 5.75 Å². The van der Waals surface area contributed by atoms with E-state index in [-0.39, 0.29) is 0 Å². The van der Waals surface area contributed by atoms with Gasteiger partial charge >= 0.3 is 0 Å². The number of thiophene rings is 1. The van der Waals surface area contributed by atoms with Crippen LogP contribution in [0, 0.1) is 0 Å². The van der Waals surface area contributed by atoms with Crippen molar-refractivity contribution in [2.45, 2.75) is 6.92 Å². The van der Waals surface area contributed by atoms with Gasteiger partial charge in [-0.2, -0.15) is 11.3 Å². The summed E-state index contributed by atoms with van der Waals surface area (Å²) in [5, 5.41) is 4.74. The third kappa shape index (κ3) is 3.82. The summed E-state index contributed by atoms with van der Waals surface area (Å²) >= 11 is 6.51. The first-order valence-electron chi connectivity index (χ1n) is 5.64. The van der Waals surface area contributed by atoms with Crippen LogP contribution in [-0.4, -0.2) is 18.3 Å². The van der Waals surface area contributed by atoms with Gasteiger partial charge in [-0.3, -0.25) is 0 Å². The molecule has 0 saturated carbocycles. The quantitative estimate of drug-likeness (QED) is 0.604. The van der Waals surface area contributed by atoms with Gasteiger partial charge in [-0.15, -0.1) is 0 Å². The van der Waals surface area contributed by atoms with E-state index >= 15 is 0 Å². The predicted octanol–water partition coefficient (Wildman–Crippen LogP) is 4.16. The molecule has 2 rings (SSSR count). The molecule has 0 amide bonds. The van der Waals surface area contributed by atoms with Crippen LogP contribution < -0.4 is 4.74 Å². The Kier molecular flexibility index (Phi) is 4.73. The van der Waals surface area contributed by atoms with Crippen LogP contribution in [0.1, 0.15) is 6.92 Å². The second kappa shape index (κ2) is 6.52. The van der Waals surface area contributed by atoms with Gasteiger partial charge in [-0.25, -0.2) is 0 Å². The molecule has 0 fully saturated rings. The van der Waals surface area contributed by atoms with Gasteiger partial charge in [0, 0.05) is 6.92 Å². The van der Waals surface area contributed by atoms with Crippen LogP contribution in [-0.2, 0) is 4.74 Å². The monoisotopic (exact) mass is 278 g/mol. The highest BCUT2D eigenvalue weighted by Crippen LogP contribution is 2.25. The van der Waals surface area contributed by atoms with E-state index in [0.29, 0.717) is 18.3 Å². The topological polar surface area (TPSA) is 18.5 Å². The van der Waals surface area contributed by atoms with Crippen LogP contribution in [0.4, 0.5) is 0 Å². The van der Waals surface area contributed by atoms with Crippen molar-refractivity contribution in [1.82, 2.24) is 0 Å². The Morgan fingerprint density at radius 1 is 1.22 bits per heavy atom. The van der Waals surface area contributed by atoms with Crippen molar-refractivity contribution in [3.05, 3.63) is 41.1 Å². The van der Waals surface area contributed by atoms with Crippen molar-refractivity contribution in [1.29, 1.82) is 0 Å². The minimum Gasteiger partial charge on any atom is -0.490 e. The van der Waals surface area contributed by atoms with Gasteiger partial charge in [0.1, 0.15) is 19.0 Å². The molecule has 0 spiro atoms. The Hall–Kier alpha value is -1.39. The Bertz CT molecular complexity index is 506. The fourth-order valence-electron chi connectivity index (χ4n) is 1.54. The molecule has 0 N–H and O–H groups in total. The molecule has 18 heavy (non-hydrogen) atoms. The summed E-state index contributed by atoms with van der Waals surface area (Å²) in [5.41, 5.74) is 2.39. The maximum atomic E-state index is 5.61. The van der Waals surface area contributed by atoms with Gasteiger partial charge in [0.15, 0.2) is 5.05 Å². The lowest BCUT2D eigenvalue weighted by Crippen LogP contribution is -2.08. The minimum atomic E-state index is 0.484. The van der Waals surface area contributed by atoms with E-state index < -0.39 is 0 Å². The van der Waals surface area contributed by atoms with E-state index in [4.69, 9.17) is 21.7 Å². The Morgan fingerprint density at radius 2 is 2.11 bits per heavy atom. The van der Waals surface area contributed by atoms with E-state index in [1.54, 1.807) is 18.3 Å². The summed E-state index contributed by atoms with van der Waals surface area (Å²) in [4.78, 5) is 0. The third-order valence-electron chi connectivity index (χ3n) is 2.35. The summed E-state index contributed by atoms with van der Waals surface area (Å²) in [6.07, 6.45) is 0. The van der Waals surface area contributed by atoms with Crippen molar-refractivity contribution in [2.75, 3.05) is 13.2 Å². The number of hydrogen-bond donors (Lipinski definition) is 0. The van der Waals surface area contributed by atoms with Crippen LogP contribution in [0.25, 0.3) is 11.1 Å². The highest BCUT2D eigenvalue weighted by molar-refractivity contribution is 7.80. The molecule has 0 aliphatic carbocycles. The van der Waals surface area contributed by atoms with Crippen molar-refractivity contribution in [3.8, 4) is 16.9 Å². The summed E-state index contributed by atoms with van der Waals surface area (Å²) < 4.78 is 10.8. The second-order valence-electron chi connectivity index (χ2n) is 3.73. The maximum Gasteiger partial charge on any atom is 0.156 e. The average molecular weight is 278 g/mol. The van der Waals surface area contributed by atoms with E-state index in [0.717, 1.165) is 5.75 Å². The molecule has 1 aromatic carbocycles. The Balaban J connectivity index is 1.94. The number of benzene rings is 1. The van der Waals surface area contributed by atoms with Gasteiger partial charge in [-0.05, 0) is 52.3 Å². The molecular weight excluding hydrogens is 264 g/mol. The summed E-state index contributed by atoms with van der Waals surface area (Å²) in [6.45, 7) is 2.74. The molecule has 0 saturated heterocycles. The van der Waals surface area contributed by atoms with Crippen LogP contribution in [0.3, 0.4) is 0 Å². The average Bonchev–Trinajstić information content (AvgIpc) is 2.89.